The quantitative estimate of drug-likeness (QED) is 0.206. The van der Waals surface area contributed by atoms with Gasteiger partial charge in [-0.3, -0.25) is 0 Å². The monoisotopic (exact) mass is 332 g/mol. The first-order chi connectivity index (χ1) is 11.7. The molecule has 0 aromatic rings. The summed E-state index contributed by atoms with van der Waals surface area (Å²) in [7, 11) is 0. The lowest BCUT2D eigenvalue weighted by Gasteiger charge is -2.00. The highest BCUT2D eigenvalue weighted by molar-refractivity contribution is 6.11. The maximum atomic E-state index is 11.4. The molecule has 0 aromatic carbocycles. The molecule has 0 saturated carbocycles. The Labute approximate surface area is 147 Å². The molecule has 0 aliphatic carbocycles. The number of cyclic esters (lactones) is 2. The van der Waals surface area contributed by atoms with E-state index in [2.05, 4.69) is 23.5 Å². The molecular formula is C21H32O3. The third-order valence-electron chi connectivity index (χ3n) is 4.45. The van der Waals surface area contributed by atoms with Crippen LogP contribution in [-0.2, 0) is 14.3 Å². The molecule has 24 heavy (non-hydrogen) atoms. The van der Waals surface area contributed by atoms with Gasteiger partial charge in [-0.2, -0.15) is 0 Å². The molecule has 0 atom stereocenters. The van der Waals surface area contributed by atoms with Crippen molar-refractivity contribution in [3.63, 3.8) is 0 Å². The molecule has 0 amide bonds. The third-order valence-corrected chi connectivity index (χ3v) is 4.45. The SMILES string of the molecule is CCCCCCCCC#CCCCCCCC1=C(C)C(=O)OC1=O. The Bertz CT molecular complexity index is 491. The zero-order valence-corrected chi connectivity index (χ0v) is 15.4. The van der Waals surface area contributed by atoms with Gasteiger partial charge in [-0.15, -0.1) is 11.8 Å². The Morgan fingerprint density at radius 2 is 1.29 bits per heavy atom. The molecule has 3 heteroatoms. The summed E-state index contributed by atoms with van der Waals surface area (Å²) >= 11 is 0. The molecule has 1 aliphatic heterocycles. The van der Waals surface area contributed by atoms with Gasteiger partial charge in [0, 0.05) is 24.0 Å². The van der Waals surface area contributed by atoms with E-state index in [9.17, 15) is 9.59 Å². The third kappa shape index (κ3) is 8.34. The second-order valence-corrected chi connectivity index (χ2v) is 6.57. The highest BCUT2D eigenvalue weighted by Gasteiger charge is 2.28. The van der Waals surface area contributed by atoms with Crippen molar-refractivity contribution in [3.8, 4) is 11.8 Å². The predicted octanol–water partition coefficient (Wildman–Crippen LogP) is 5.48. The van der Waals surface area contributed by atoms with E-state index in [1.165, 1.54) is 38.5 Å². The van der Waals surface area contributed by atoms with E-state index >= 15 is 0 Å². The van der Waals surface area contributed by atoms with Gasteiger partial charge in [0.2, 0.25) is 0 Å². The maximum Gasteiger partial charge on any atom is 0.342 e. The summed E-state index contributed by atoms with van der Waals surface area (Å²) in [5.41, 5.74) is 1.05. The molecule has 3 nitrogen and oxygen atoms in total. The molecule has 0 saturated heterocycles. The Morgan fingerprint density at radius 1 is 0.750 bits per heavy atom. The van der Waals surface area contributed by atoms with Crippen molar-refractivity contribution in [2.24, 2.45) is 0 Å². The van der Waals surface area contributed by atoms with Gasteiger partial charge in [-0.1, -0.05) is 51.9 Å². The molecule has 0 radical (unpaired) electrons. The fraction of sp³-hybridized carbons (Fsp3) is 0.714. The average molecular weight is 332 g/mol. The molecule has 134 valence electrons. The minimum atomic E-state index is -0.476. The van der Waals surface area contributed by atoms with Crippen LogP contribution in [0.4, 0.5) is 0 Å². The summed E-state index contributed by atoms with van der Waals surface area (Å²) in [5.74, 6) is 5.61. The minimum Gasteiger partial charge on any atom is -0.386 e. The van der Waals surface area contributed by atoms with Gasteiger partial charge in [0.25, 0.3) is 0 Å². The summed E-state index contributed by atoms with van der Waals surface area (Å²) in [6.07, 6.45) is 14.8. The first-order valence-corrected chi connectivity index (χ1v) is 9.58. The lowest BCUT2D eigenvalue weighted by Crippen LogP contribution is -2.01. The number of hydrogen-bond donors (Lipinski definition) is 0. The summed E-state index contributed by atoms with van der Waals surface area (Å²) in [6, 6.07) is 0. The smallest absolute Gasteiger partial charge is 0.342 e. The van der Waals surface area contributed by atoms with Crippen LogP contribution in [-0.4, -0.2) is 11.9 Å². The van der Waals surface area contributed by atoms with E-state index < -0.39 is 11.9 Å². The van der Waals surface area contributed by atoms with Crippen LogP contribution in [0.3, 0.4) is 0 Å². The van der Waals surface area contributed by atoms with Gasteiger partial charge in [0.1, 0.15) is 0 Å². The molecule has 0 fully saturated rings. The predicted molar refractivity (Wildman–Crippen MR) is 97.3 cm³/mol. The van der Waals surface area contributed by atoms with Crippen LogP contribution in [0.5, 0.6) is 0 Å². The van der Waals surface area contributed by atoms with Gasteiger partial charge in [0.15, 0.2) is 0 Å². The lowest BCUT2D eigenvalue weighted by atomic mass is 10.0. The van der Waals surface area contributed by atoms with E-state index in [-0.39, 0.29) is 0 Å². The normalized spacial score (nSPS) is 13.9. The van der Waals surface area contributed by atoms with Gasteiger partial charge < -0.3 is 4.74 Å². The second kappa shape index (κ2) is 12.8. The van der Waals surface area contributed by atoms with Crippen LogP contribution in [0.2, 0.25) is 0 Å². The largest absolute Gasteiger partial charge is 0.386 e. The number of ether oxygens (including phenoxy) is 1. The molecule has 0 spiro atoms. The number of unbranched alkanes of at least 4 members (excludes halogenated alkanes) is 10. The number of esters is 2. The summed E-state index contributed by atoms with van der Waals surface area (Å²) in [5, 5.41) is 0. The van der Waals surface area contributed by atoms with Crippen LogP contribution < -0.4 is 0 Å². The first kappa shape index (κ1) is 20.5. The molecule has 1 heterocycles. The van der Waals surface area contributed by atoms with Crippen LogP contribution in [0.25, 0.3) is 0 Å². The van der Waals surface area contributed by atoms with Crippen molar-refractivity contribution in [2.75, 3.05) is 0 Å². The lowest BCUT2D eigenvalue weighted by molar-refractivity contribution is -0.151. The number of carbonyl (C=O) groups is 2. The van der Waals surface area contributed by atoms with Crippen molar-refractivity contribution in [3.05, 3.63) is 11.1 Å². The van der Waals surface area contributed by atoms with Crippen LogP contribution in [0.15, 0.2) is 11.1 Å². The van der Waals surface area contributed by atoms with Gasteiger partial charge >= 0.3 is 11.9 Å². The Kier molecular flexibility index (Phi) is 10.9. The molecule has 1 aliphatic rings. The standard InChI is InChI=1S/C21H32O3/c1-3-4-5-6-7-8-9-10-11-12-13-14-15-16-17-19-18(2)20(22)24-21(19)23/h3-9,12-17H2,1-2H3. The minimum absolute atomic E-state index is 0.446. The average Bonchev–Trinajstić information content (AvgIpc) is 2.81. The highest BCUT2D eigenvalue weighted by Crippen LogP contribution is 2.22. The van der Waals surface area contributed by atoms with Crippen LogP contribution >= 0.6 is 0 Å². The summed E-state index contributed by atoms with van der Waals surface area (Å²) in [4.78, 5) is 22.7. The zero-order valence-electron chi connectivity index (χ0n) is 15.4. The van der Waals surface area contributed by atoms with E-state index in [4.69, 9.17) is 0 Å². The second-order valence-electron chi connectivity index (χ2n) is 6.57. The molecule has 0 unspecified atom stereocenters. The Morgan fingerprint density at radius 3 is 1.83 bits per heavy atom. The van der Waals surface area contributed by atoms with Crippen molar-refractivity contribution in [2.45, 2.75) is 97.3 Å². The topological polar surface area (TPSA) is 43.4 Å². The summed E-state index contributed by atoms with van der Waals surface area (Å²) < 4.78 is 4.59. The number of hydrogen-bond acceptors (Lipinski definition) is 3. The molecule has 0 bridgehead atoms. The molecule has 0 aromatic heterocycles. The van der Waals surface area contributed by atoms with Gasteiger partial charge in [0.05, 0.1) is 0 Å². The van der Waals surface area contributed by atoms with Crippen molar-refractivity contribution >= 4 is 11.9 Å². The van der Waals surface area contributed by atoms with Crippen molar-refractivity contribution in [1.82, 2.24) is 0 Å². The van der Waals surface area contributed by atoms with E-state index in [0.717, 1.165) is 38.5 Å². The van der Waals surface area contributed by atoms with Crippen molar-refractivity contribution < 1.29 is 14.3 Å². The number of carbonyl (C=O) groups excluding carboxylic acids is 2. The van der Waals surface area contributed by atoms with E-state index in [0.29, 0.717) is 17.6 Å². The Balaban J connectivity index is 1.94. The molecule has 1 rings (SSSR count). The van der Waals surface area contributed by atoms with E-state index in [1.807, 2.05) is 0 Å². The van der Waals surface area contributed by atoms with Crippen LogP contribution in [0, 0.1) is 11.8 Å². The first-order valence-electron chi connectivity index (χ1n) is 9.58. The fourth-order valence-electron chi connectivity index (χ4n) is 2.83. The van der Waals surface area contributed by atoms with Crippen LogP contribution in [0.1, 0.15) is 97.3 Å². The van der Waals surface area contributed by atoms with E-state index in [1.54, 1.807) is 6.92 Å². The van der Waals surface area contributed by atoms with Gasteiger partial charge in [-0.05, 0) is 32.6 Å². The fourth-order valence-corrected chi connectivity index (χ4v) is 2.83. The highest BCUT2D eigenvalue weighted by atomic mass is 16.6. The van der Waals surface area contributed by atoms with Gasteiger partial charge in [-0.25, -0.2) is 9.59 Å². The Hall–Kier alpha value is -1.56. The molecular weight excluding hydrogens is 300 g/mol. The van der Waals surface area contributed by atoms with Crippen molar-refractivity contribution in [1.29, 1.82) is 0 Å². The maximum absolute atomic E-state index is 11.4. The zero-order chi connectivity index (χ0) is 17.6. The number of rotatable bonds is 12. The molecule has 0 N–H and O–H groups in total. The summed E-state index contributed by atoms with van der Waals surface area (Å²) in [6.45, 7) is 3.91.